The number of hydrogen-bond acceptors (Lipinski definition) is 5. The molecule has 0 spiro atoms. The van der Waals surface area contributed by atoms with Gasteiger partial charge in [0.1, 0.15) is 0 Å². The van der Waals surface area contributed by atoms with Crippen LogP contribution in [0.5, 0.6) is 0 Å². The smallest absolute Gasteiger partial charge is 0.362 e. The van der Waals surface area contributed by atoms with Crippen molar-refractivity contribution in [3.05, 3.63) is 28.5 Å². The summed E-state index contributed by atoms with van der Waals surface area (Å²) in [6.07, 6.45) is 0.0938. The zero-order valence-electron chi connectivity index (χ0n) is 10.4. The van der Waals surface area contributed by atoms with E-state index in [0.29, 0.717) is 0 Å². The minimum absolute atomic E-state index is 0.0414. The number of benzene rings is 1. The van der Waals surface area contributed by atoms with E-state index < -0.39 is 23.3 Å². The molecule has 1 aromatic carbocycles. The molecular formula is C12H12BrFN2O3. The highest BCUT2D eigenvalue weighted by atomic mass is 79.9. The standard InChI is InChI=1S/C12H12BrFN2O3/c1-3-9(17)11(12(18)19-2)16-15-8-6-4-5-7(13)10(8)14/h4-6,15H,3H2,1-2H3. The highest BCUT2D eigenvalue weighted by Gasteiger charge is 2.20. The average Bonchev–Trinajstić information content (AvgIpc) is 2.42. The van der Waals surface area contributed by atoms with Crippen LogP contribution in [0.4, 0.5) is 10.1 Å². The first-order chi connectivity index (χ1) is 9.01. The number of esters is 1. The maximum atomic E-state index is 13.6. The number of halogens is 2. The second-order valence-corrected chi connectivity index (χ2v) is 4.30. The Labute approximate surface area is 118 Å². The number of nitrogens with one attached hydrogen (secondary N) is 1. The lowest BCUT2D eigenvalue weighted by Gasteiger charge is -2.06. The van der Waals surface area contributed by atoms with Crippen molar-refractivity contribution in [2.24, 2.45) is 5.10 Å². The fourth-order valence-corrected chi connectivity index (χ4v) is 1.56. The largest absolute Gasteiger partial charge is 0.464 e. The number of Topliss-reactive ketones (excluding diaryl/α,β-unsaturated/α-hetero) is 1. The summed E-state index contributed by atoms with van der Waals surface area (Å²) in [7, 11) is 1.14. The number of ketones is 1. The molecule has 0 saturated heterocycles. The summed E-state index contributed by atoms with van der Waals surface area (Å²) in [6, 6.07) is 4.53. The third-order valence-electron chi connectivity index (χ3n) is 2.20. The summed E-state index contributed by atoms with van der Waals surface area (Å²) in [5.74, 6) is -1.93. The summed E-state index contributed by atoms with van der Waals surface area (Å²) in [6.45, 7) is 1.58. The Morgan fingerprint density at radius 1 is 1.47 bits per heavy atom. The molecule has 7 heteroatoms. The van der Waals surface area contributed by atoms with E-state index in [1.807, 2.05) is 0 Å². The van der Waals surface area contributed by atoms with Gasteiger partial charge in [0.15, 0.2) is 11.6 Å². The monoisotopic (exact) mass is 330 g/mol. The van der Waals surface area contributed by atoms with E-state index in [1.165, 1.54) is 12.1 Å². The van der Waals surface area contributed by atoms with Crippen molar-refractivity contribution in [1.82, 2.24) is 0 Å². The Bertz CT molecular complexity index is 514. The molecule has 102 valence electrons. The Kier molecular flexibility index (Phi) is 5.62. The van der Waals surface area contributed by atoms with E-state index in [-0.39, 0.29) is 16.6 Å². The molecule has 0 atom stereocenters. The molecule has 5 nitrogen and oxygen atoms in total. The maximum absolute atomic E-state index is 13.6. The first-order valence-corrected chi connectivity index (χ1v) is 6.19. The van der Waals surface area contributed by atoms with Gasteiger partial charge in [0.2, 0.25) is 5.71 Å². The number of ether oxygens (including phenoxy) is 1. The van der Waals surface area contributed by atoms with E-state index in [2.05, 4.69) is 31.2 Å². The number of carbonyl (C=O) groups excluding carboxylic acids is 2. The van der Waals surface area contributed by atoms with Gasteiger partial charge in [0, 0.05) is 6.42 Å². The van der Waals surface area contributed by atoms with Gasteiger partial charge >= 0.3 is 5.97 Å². The van der Waals surface area contributed by atoms with Gasteiger partial charge in [-0.05, 0) is 28.1 Å². The lowest BCUT2D eigenvalue weighted by atomic mass is 10.2. The van der Waals surface area contributed by atoms with Crippen molar-refractivity contribution in [1.29, 1.82) is 0 Å². The van der Waals surface area contributed by atoms with Gasteiger partial charge < -0.3 is 4.74 Å². The Balaban J connectivity index is 3.01. The van der Waals surface area contributed by atoms with Crippen molar-refractivity contribution < 1.29 is 18.7 Å². The molecule has 19 heavy (non-hydrogen) atoms. The molecule has 0 heterocycles. The minimum Gasteiger partial charge on any atom is -0.464 e. The molecule has 0 amide bonds. The lowest BCUT2D eigenvalue weighted by Crippen LogP contribution is -2.26. The van der Waals surface area contributed by atoms with Gasteiger partial charge in [0.25, 0.3) is 0 Å². The Hall–Kier alpha value is -1.76. The molecule has 0 radical (unpaired) electrons. The van der Waals surface area contributed by atoms with Crippen molar-refractivity contribution in [3.63, 3.8) is 0 Å². The van der Waals surface area contributed by atoms with E-state index in [0.717, 1.165) is 7.11 Å². The van der Waals surface area contributed by atoms with E-state index in [1.54, 1.807) is 13.0 Å². The third kappa shape index (κ3) is 3.85. The van der Waals surface area contributed by atoms with Crippen LogP contribution in [0.2, 0.25) is 0 Å². The quantitative estimate of drug-likeness (QED) is 0.390. The molecule has 1 aromatic rings. The molecule has 0 aromatic heterocycles. The van der Waals surface area contributed by atoms with Crippen molar-refractivity contribution in [3.8, 4) is 0 Å². The molecule has 0 unspecified atom stereocenters. The van der Waals surface area contributed by atoms with E-state index >= 15 is 0 Å². The van der Waals surface area contributed by atoms with Crippen LogP contribution < -0.4 is 5.43 Å². The SMILES string of the molecule is CCC(=O)C(=NNc1cccc(Br)c1F)C(=O)OC. The van der Waals surface area contributed by atoms with Gasteiger partial charge in [0.05, 0.1) is 17.3 Å². The Morgan fingerprint density at radius 2 is 2.16 bits per heavy atom. The summed E-state index contributed by atoms with van der Waals surface area (Å²) >= 11 is 3.02. The maximum Gasteiger partial charge on any atom is 0.362 e. The average molecular weight is 331 g/mol. The number of anilines is 1. The molecule has 0 fully saturated rings. The molecular weight excluding hydrogens is 319 g/mol. The zero-order valence-corrected chi connectivity index (χ0v) is 12.0. The van der Waals surface area contributed by atoms with Crippen LogP contribution in [0.15, 0.2) is 27.8 Å². The summed E-state index contributed by atoms with van der Waals surface area (Å²) in [5, 5.41) is 3.62. The summed E-state index contributed by atoms with van der Waals surface area (Å²) in [4.78, 5) is 22.9. The molecule has 1 N–H and O–H groups in total. The first-order valence-electron chi connectivity index (χ1n) is 5.40. The first kappa shape index (κ1) is 15.3. The van der Waals surface area contributed by atoms with Crippen LogP contribution in [0.25, 0.3) is 0 Å². The fourth-order valence-electron chi connectivity index (χ4n) is 1.19. The number of nitrogens with zero attached hydrogens (tertiary/aromatic N) is 1. The van der Waals surface area contributed by atoms with Crippen molar-refractivity contribution in [2.75, 3.05) is 12.5 Å². The molecule has 1 rings (SSSR count). The predicted molar refractivity (Wildman–Crippen MR) is 72.5 cm³/mol. The zero-order chi connectivity index (χ0) is 14.4. The second kappa shape index (κ2) is 6.98. The highest BCUT2D eigenvalue weighted by Crippen LogP contribution is 2.22. The number of hydrazone groups is 1. The van der Waals surface area contributed by atoms with Crippen LogP contribution in [0.3, 0.4) is 0 Å². The van der Waals surface area contributed by atoms with Crippen LogP contribution in [-0.4, -0.2) is 24.6 Å². The van der Waals surface area contributed by atoms with Gasteiger partial charge in [-0.1, -0.05) is 13.0 Å². The van der Waals surface area contributed by atoms with Crippen molar-refractivity contribution in [2.45, 2.75) is 13.3 Å². The number of hydrogen-bond donors (Lipinski definition) is 1. The minimum atomic E-state index is -0.866. The van der Waals surface area contributed by atoms with Crippen molar-refractivity contribution >= 4 is 39.1 Å². The van der Waals surface area contributed by atoms with Gasteiger partial charge in [-0.2, -0.15) is 5.10 Å². The highest BCUT2D eigenvalue weighted by molar-refractivity contribution is 9.10. The Morgan fingerprint density at radius 3 is 2.74 bits per heavy atom. The molecule has 0 aliphatic heterocycles. The summed E-state index contributed by atoms with van der Waals surface area (Å²) in [5.41, 5.74) is 1.99. The number of rotatable bonds is 5. The molecule has 0 aliphatic rings. The molecule has 0 aliphatic carbocycles. The van der Waals surface area contributed by atoms with Crippen LogP contribution in [0.1, 0.15) is 13.3 Å². The number of methoxy groups -OCH3 is 1. The summed E-state index contributed by atoms with van der Waals surface area (Å²) < 4.78 is 18.3. The predicted octanol–water partition coefficient (Wildman–Crippen LogP) is 2.51. The van der Waals surface area contributed by atoms with Crippen LogP contribution in [-0.2, 0) is 14.3 Å². The topological polar surface area (TPSA) is 67.8 Å². The second-order valence-electron chi connectivity index (χ2n) is 3.44. The third-order valence-corrected chi connectivity index (χ3v) is 2.82. The van der Waals surface area contributed by atoms with E-state index in [9.17, 15) is 14.0 Å². The normalized spacial score (nSPS) is 11.1. The van der Waals surface area contributed by atoms with Crippen LogP contribution in [0, 0.1) is 5.82 Å². The van der Waals surface area contributed by atoms with E-state index in [4.69, 9.17) is 0 Å². The van der Waals surface area contributed by atoms with Gasteiger partial charge in [-0.25, -0.2) is 9.18 Å². The molecule has 0 bridgehead atoms. The molecule has 0 saturated carbocycles. The fraction of sp³-hybridized carbons (Fsp3) is 0.250. The lowest BCUT2D eigenvalue weighted by molar-refractivity contribution is -0.133. The number of carbonyl (C=O) groups is 2. The van der Waals surface area contributed by atoms with Gasteiger partial charge in [-0.3, -0.25) is 10.2 Å². The van der Waals surface area contributed by atoms with Gasteiger partial charge in [-0.15, -0.1) is 0 Å². The van der Waals surface area contributed by atoms with Crippen LogP contribution >= 0.6 is 15.9 Å².